The van der Waals surface area contributed by atoms with Crippen LogP contribution in [0.4, 0.5) is 0 Å². The van der Waals surface area contributed by atoms with Crippen molar-refractivity contribution in [3.8, 4) is 0 Å². The van der Waals surface area contributed by atoms with Gasteiger partial charge in [-0.05, 0) is 25.3 Å². The maximum atomic E-state index is 9.78. The first-order chi connectivity index (χ1) is 6.74. The first-order valence-electron chi connectivity index (χ1n) is 4.97. The molecular weight excluding hydrogens is 176 g/mol. The average molecular weight is 194 g/mol. The highest BCUT2D eigenvalue weighted by Crippen LogP contribution is 2.18. The smallest absolute Gasteiger partial charge is 0.0790 e. The number of hydrogen-bond acceptors (Lipinski definition) is 2. The van der Waals surface area contributed by atoms with Gasteiger partial charge >= 0.3 is 0 Å². The van der Waals surface area contributed by atoms with Gasteiger partial charge in [0.25, 0.3) is 0 Å². The predicted molar refractivity (Wildman–Crippen MR) is 57.2 cm³/mol. The predicted octanol–water partition coefficient (Wildman–Crippen LogP) is 2.46. The van der Waals surface area contributed by atoms with Gasteiger partial charge in [-0.25, -0.2) is 0 Å². The Balaban J connectivity index is 2.43. The SMILES string of the molecule is COCCCC(O)c1ccc(C)cc1. The fraction of sp³-hybridized carbons (Fsp3) is 0.500. The minimum atomic E-state index is -0.356. The normalized spacial score (nSPS) is 12.8. The van der Waals surface area contributed by atoms with E-state index in [-0.39, 0.29) is 6.10 Å². The summed E-state index contributed by atoms with van der Waals surface area (Å²) in [6.45, 7) is 2.75. The minimum absolute atomic E-state index is 0.356. The molecule has 0 amide bonds. The van der Waals surface area contributed by atoms with Crippen LogP contribution in [-0.4, -0.2) is 18.8 Å². The third kappa shape index (κ3) is 3.48. The highest BCUT2D eigenvalue weighted by Gasteiger charge is 2.05. The van der Waals surface area contributed by atoms with Crippen molar-refractivity contribution in [2.75, 3.05) is 13.7 Å². The quantitative estimate of drug-likeness (QED) is 0.729. The van der Waals surface area contributed by atoms with E-state index in [4.69, 9.17) is 4.74 Å². The molecule has 1 aromatic carbocycles. The number of methoxy groups -OCH3 is 1. The molecule has 0 radical (unpaired) electrons. The molecule has 0 bridgehead atoms. The molecule has 0 spiro atoms. The van der Waals surface area contributed by atoms with E-state index in [0.29, 0.717) is 6.61 Å². The van der Waals surface area contributed by atoms with Crippen molar-refractivity contribution in [1.82, 2.24) is 0 Å². The van der Waals surface area contributed by atoms with Crippen molar-refractivity contribution in [2.45, 2.75) is 25.9 Å². The van der Waals surface area contributed by atoms with E-state index in [1.165, 1.54) is 5.56 Å². The number of benzene rings is 1. The Labute approximate surface area is 85.5 Å². The second kappa shape index (κ2) is 5.78. The largest absolute Gasteiger partial charge is 0.388 e. The lowest BCUT2D eigenvalue weighted by Crippen LogP contribution is -1.99. The van der Waals surface area contributed by atoms with Crippen molar-refractivity contribution in [3.63, 3.8) is 0 Å². The van der Waals surface area contributed by atoms with Gasteiger partial charge in [-0.3, -0.25) is 0 Å². The van der Waals surface area contributed by atoms with Crippen LogP contribution in [0.25, 0.3) is 0 Å². The second-order valence-electron chi connectivity index (χ2n) is 3.56. The van der Waals surface area contributed by atoms with Gasteiger partial charge in [-0.15, -0.1) is 0 Å². The molecule has 1 unspecified atom stereocenters. The molecule has 1 N–H and O–H groups in total. The van der Waals surface area contributed by atoms with Crippen molar-refractivity contribution in [2.24, 2.45) is 0 Å². The van der Waals surface area contributed by atoms with Crippen molar-refractivity contribution < 1.29 is 9.84 Å². The highest BCUT2D eigenvalue weighted by atomic mass is 16.5. The highest BCUT2D eigenvalue weighted by molar-refractivity contribution is 5.22. The fourth-order valence-corrected chi connectivity index (χ4v) is 1.38. The van der Waals surface area contributed by atoms with E-state index in [9.17, 15) is 5.11 Å². The van der Waals surface area contributed by atoms with Crippen LogP contribution in [0.2, 0.25) is 0 Å². The zero-order chi connectivity index (χ0) is 10.4. The van der Waals surface area contributed by atoms with Crippen LogP contribution in [0, 0.1) is 6.92 Å². The lowest BCUT2D eigenvalue weighted by molar-refractivity contribution is 0.136. The van der Waals surface area contributed by atoms with Gasteiger partial charge in [-0.2, -0.15) is 0 Å². The number of ether oxygens (including phenoxy) is 1. The molecule has 0 aliphatic rings. The molecule has 2 nitrogen and oxygen atoms in total. The molecule has 0 aliphatic carbocycles. The molecule has 1 atom stereocenters. The van der Waals surface area contributed by atoms with E-state index >= 15 is 0 Å². The van der Waals surface area contributed by atoms with E-state index < -0.39 is 0 Å². The number of rotatable bonds is 5. The number of aliphatic hydroxyl groups is 1. The minimum Gasteiger partial charge on any atom is -0.388 e. The average Bonchev–Trinajstić information content (AvgIpc) is 2.19. The Bertz CT molecular complexity index is 254. The first kappa shape index (κ1) is 11.2. The van der Waals surface area contributed by atoms with E-state index in [1.54, 1.807) is 7.11 Å². The van der Waals surface area contributed by atoms with Crippen LogP contribution in [-0.2, 0) is 4.74 Å². The molecular formula is C12H18O2. The molecule has 0 fully saturated rings. The third-order valence-corrected chi connectivity index (χ3v) is 2.29. The summed E-state index contributed by atoms with van der Waals surface area (Å²) < 4.78 is 4.94. The lowest BCUT2D eigenvalue weighted by atomic mass is 10.0. The molecule has 1 rings (SSSR count). The Kier molecular flexibility index (Phi) is 4.63. The Morgan fingerprint density at radius 1 is 1.29 bits per heavy atom. The molecule has 0 saturated carbocycles. The molecule has 0 saturated heterocycles. The van der Waals surface area contributed by atoms with Crippen molar-refractivity contribution in [1.29, 1.82) is 0 Å². The number of hydrogen-bond donors (Lipinski definition) is 1. The van der Waals surface area contributed by atoms with Gasteiger partial charge in [0.15, 0.2) is 0 Å². The molecule has 14 heavy (non-hydrogen) atoms. The molecule has 1 aromatic rings. The summed E-state index contributed by atoms with van der Waals surface area (Å²) in [5.41, 5.74) is 2.21. The summed E-state index contributed by atoms with van der Waals surface area (Å²) in [5.74, 6) is 0. The van der Waals surface area contributed by atoms with Gasteiger partial charge in [0, 0.05) is 13.7 Å². The van der Waals surface area contributed by atoms with E-state index in [1.807, 2.05) is 31.2 Å². The summed E-state index contributed by atoms with van der Waals surface area (Å²) in [5, 5.41) is 9.78. The van der Waals surface area contributed by atoms with Crippen LogP contribution in [0.3, 0.4) is 0 Å². The Morgan fingerprint density at radius 3 is 2.50 bits per heavy atom. The lowest BCUT2D eigenvalue weighted by Gasteiger charge is -2.10. The van der Waals surface area contributed by atoms with Crippen LogP contribution >= 0.6 is 0 Å². The topological polar surface area (TPSA) is 29.5 Å². The molecule has 0 heterocycles. The summed E-state index contributed by atoms with van der Waals surface area (Å²) >= 11 is 0. The monoisotopic (exact) mass is 194 g/mol. The van der Waals surface area contributed by atoms with E-state index in [2.05, 4.69) is 0 Å². The molecule has 78 valence electrons. The van der Waals surface area contributed by atoms with Crippen molar-refractivity contribution >= 4 is 0 Å². The standard InChI is InChI=1S/C12H18O2/c1-10-5-7-11(8-6-10)12(13)4-3-9-14-2/h5-8,12-13H,3-4,9H2,1-2H3. The van der Waals surface area contributed by atoms with Crippen LogP contribution in [0.1, 0.15) is 30.1 Å². The maximum Gasteiger partial charge on any atom is 0.0790 e. The summed E-state index contributed by atoms with van der Waals surface area (Å²) in [6.07, 6.45) is 1.30. The number of aliphatic hydroxyl groups excluding tert-OH is 1. The summed E-state index contributed by atoms with van der Waals surface area (Å²) in [4.78, 5) is 0. The van der Waals surface area contributed by atoms with Gasteiger partial charge in [-0.1, -0.05) is 29.8 Å². The third-order valence-electron chi connectivity index (χ3n) is 2.29. The van der Waals surface area contributed by atoms with Crippen LogP contribution < -0.4 is 0 Å². The first-order valence-corrected chi connectivity index (χ1v) is 4.97. The number of aryl methyl sites for hydroxylation is 1. The Morgan fingerprint density at radius 2 is 1.93 bits per heavy atom. The maximum absolute atomic E-state index is 9.78. The summed E-state index contributed by atoms with van der Waals surface area (Å²) in [6, 6.07) is 8.00. The molecule has 0 aromatic heterocycles. The van der Waals surface area contributed by atoms with E-state index in [0.717, 1.165) is 18.4 Å². The van der Waals surface area contributed by atoms with Crippen molar-refractivity contribution in [3.05, 3.63) is 35.4 Å². The summed E-state index contributed by atoms with van der Waals surface area (Å²) in [7, 11) is 1.68. The van der Waals surface area contributed by atoms with Gasteiger partial charge in [0.05, 0.1) is 6.10 Å². The van der Waals surface area contributed by atoms with Gasteiger partial charge in [0.1, 0.15) is 0 Å². The van der Waals surface area contributed by atoms with Crippen LogP contribution in [0.15, 0.2) is 24.3 Å². The van der Waals surface area contributed by atoms with Gasteiger partial charge in [0.2, 0.25) is 0 Å². The van der Waals surface area contributed by atoms with Crippen LogP contribution in [0.5, 0.6) is 0 Å². The second-order valence-corrected chi connectivity index (χ2v) is 3.56. The fourth-order valence-electron chi connectivity index (χ4n) is 1.38. The molecule has 2 heteroatoms. The zero-order valence-corrected chi connectivity index (χ0v) is 8.86. The van der Waals surface area contributed by atoms with Gasteiger partial charge < -0.3 is 9.84 Å². The molecule has 0 aliphatic heterocycles. The zero-order valence-electron chi connectivity index (χ0n) is 8.86. The Hall–Kier alpha value is -0.860.